The van der Waals surface area contributed by atoms with Crippen molar-refractivity contribution in [1.82, 2.24) is 5.32 Å². The molecule has 1 unspecified atom stereocenters. The van der Waals surface area contributed by atoms with Crippen molar-refractivity contribution in [2.45, 2.75) is 40.3 Å². The van der Waals surface area contributed by atoms with Gasteiger partial charge in [-0.2, -0.15) is 0 Å². The SMILES string of the molecule is CC(C)C(O)C(C)(C)CNCc1ccccc1O. The number of hydrogen-bond donors (Lipinski definition) is 3. The summed E-state index contributed by atoms with van der Waals surface area (Å²) >= 11 is 0. The maximum absolute atomic E-state index is 10.1. The summed E-state index contributed by atoms with van der Waals surface area (Å²) in [6, 6.07) is 7.30. The van der Waals surface area contributed by atoms with Crippen LogP contribution in [-0.4, -0.2) is 22.9 Å². The molecule has 0 radical (unpaired) electrons. The minimum absolute atomic E-state index is 0.182. The van der Waals surface area contributed by atoms with Gasteiger partial charge in [-0.05, 0) is 12.0 Å². The van der Waals surface area contributed by atoms with Crippen LogP contribution in [-0.2, 0) is 6.54 Å². The van der Waals surface area contributed by atoms with Crippen molar-refractivity contribution in [2.24, 2.45) is 11.3 Å². The van der Waals surface area contributed by atoms with E-state index in [1.165, 1.54) is 0 Å². The molecule has 0 aliphatic rings. The van der Waals surface area contributed by atoms with Crippen molar-refractivity contribution < 1.29 is 10.2 Å². The molecule has 0 aliphatic heterocycles. The van der Waals surface area contributed by atoms with E-state index >= 15 is 0 Å². The van der Waals surface area contributed by atoms with Crippen molar-refractivity contribution in [2.75, 3.05) is 6.54 Å². The van der Waals surface area contributed by atoms with E-state index in [-0.39, 0.29) is 17.4 Å². The van der Waals surface area contributed by atoms with Gasteiger partial charge in [-0.25, -0.2) is 0 Å². The highest BCUT2D eigenvalue weighted by molar-refractivity contribution is 5.31. The zero-order valence-electron chi connectivity index (χ0n) is 11.8. The molecule has 3 N–H and O–H groups in total. The summed E-state index contributed by atoms with van der Waals surface area (Å²) in [6.45, 7) is 9.47. The molecule has 102 valence electrons. The molecule has 0 saturated heterocycles. The normalized spacial score (nSPS) is 13.9. The van der Waals surface area contributed by atoms with Gasteiger partial charge in [-0.3, -0.25) is 0 Å². The Morgan fingerprint density at radius 1 is 1.22 bits per heavy atom. The number of benzene rings is 1. The zero-order chi connectivity index (χ0) is 13.8. The molecule has 3 nitrogen and oxygen atoms in total. The highest BCUT2D eigenvalue weighted by Gasteiger charge is 2.29. The van der Waals surface area contributed by atoms with E-state index < -0.39 is 0 Å². The summed E-state index contributed by atoms with van der Waals surface area (Å²) in [6.07, 6.45) is -0.339. The van der Waals surface area contributed by atoms with Crippen LogP contribution in [0.4, 0.5) is 0 Å². The fourth-order valence-corrected chi connectivity index (χ4v) is 2.19. The molecule has 1 atom stereocenters. The Kier molecular flexibility index (Phi) is 5.17. The predicted octanol–water partition coefficient (Wildman–Crippen LogP) is 2.52. The summed E-state index contributed by atoms with van der Waals surface area (Å²) in [4.78, 5) is 0. The van der Waals surface area contributed by atoms with Gasteiger partial charge in [0.25, 0.3) is 0 Å². The summed E-state index contributed by atoms with van der Waals surface area (Å²) in [7, 11) is 0. The number of aliphatic hydroxyl groups excluding tert-OH is 1. The lowest BCUT2D eigenvalue weighted by molar-refractivity contribution is 0.0134. The first kappa shape index (κ1) is 15.0. The van der Waals surface area contributed by atoms with Crippen LogP contribution in [0.25, 0.3) is 0 Å². The Bertz CT molecular complexity index is 375. The fraction of sp³-hybridized carbons (Fsp3) is 0.600. The van der Waals surface area contributed by atoms with Crippen molar-refractivity contribution in [3.8, 4) is 5.75 Å². The van der Waals surface area contributed by atoms with Crippen LogP contribution in [0.1, 0.15) is 33.3 Å². The minimum atomic E-state index is -0.339. The van der Waals surface area contributed by atoms with Crippen LogP contribution in [0.15, 0.2) is 24.3 Å². The zero-order valence-corrected chi connectivity index (χ0v) is 11.8. The Labute approximate surface area is 110 Å². The lowest BCUT2D eigenvalue weighted by Crippen LogP contribution is -2.41. The predicted molar refractivity (Wildman–Crippen MR) is 74.4 cm³/mol. The van der Waals surface area contributed by atoms with Crippen LogP contribution in [0.3, 0.4) is 0 Å². The molecule has 3 heteroatoms. The molecule has 0 heterocycles. The van der Waals surface area contributed by atoms with Gasteiger partial charge in [0.1, 0.15) is 5.75 Å². The van der Waals surface area contributed by atoms with E-state index in [0.717, 1.165) is 5.56 Å². The van der Waals surface area contributed by atoms with Gasteiger partial charge in [0, 0.05) is 24.1 Å². The molecule has 18 heavy (non-hydrogen) atoms. The first-order valence-corrected chi connectivity index (χ1v) is 6.50. The molecule has 0 aromatic heterocycles. The summed E-state index contributed by atoms with van der Waals surface area (Å²) in [5.41, 5.74) is 0.700. The number of hydrogen-bond acceptors (Lipinski definition) is 3. The molecule has 1 aromatic carbocycles. The highest BCUT2D eigenvalue weighted by Crippen LogP contribution is 2.25. The monoisotopic (exact) mass is 251 g/mol. The molecule has 0 aliphatic carbocycles. The van der Waals surface area contributed by atoms with Gasteiger partial charge < -0.3 is 15.5 Å². The summed E-state index contributed by atoms with van der Waals surface area (Å²) in [5.74, 6) is 0.555. The lowest BCUT2D eigenvalue weighted by atomic mass is 9.80. The molecule has 1 rings (SSSR count). The molecular formula is C15H25NO2. The topological polar surface area (TPSA) is 52.5 Å². The molecule has 1 aromatic rings. The summed E-state index contributed by atoms with van der Waals surface area (Å²) in [5, 5.41) is 23.1. The molecule has 0 spiro atoms. The number of phenolic OH excluding ortho intramolecular Hbond substituents is 1. The first-order chi connectivity index (χ1) is 8.34. The maximum atomic E-state index is 10.1. The van der Waals surface area contributed by atoms with Crippen molar-refractivity contribution in [3.05, 3.63) is 29.8 Å². The van der Waals surface area contributed by atoms with Gasteiger partial charge in [0.2, 0.25) is 0 Å². The van der Waals surface area contributed by atoms with Crippen LogP contribution in [0, 0.1) is 11.3 Å². The van der Waals surface area contributed by atoms with E-state index in [9.17, 15) is 10.2 Å². The average molecular weight is 251 g/mol. The van der Waals surface area contributed by atoms with Gasteiger partial charge in [-0.1, -0.05) is 45.9 Å². The van der Waals surface area contributed by atoms with Crippen LogP contribution in [0.5, 0.6) is 5.75 Å². The van der Waals surface area contributed by atoms with Crippen LogP contribution < -0.4 is 5.32 Å². The molecule has 0 fully saturated rings. The minimum Gasteiger partial charge on any atom is -0.508 e. The molecule has 0 bridgehead atoms. The second kappa shape index (κ2) is 6.21. The van der Waals surface area contributed by atoms with Crippen molar-refractivity contribution >= 4 is 0 Å². The van der Waals surface area contributed by atoms with E-state index in [2.05, 4.69) is 19.2 Å². The lowest BCUT2D eigenvalue weighted by Gasteiger charge is -2.33. The van der Waals surface area contributed by atoms with E-state index in [4.69, 9.17) is 0 Å². The van der Waals surface area contributed by atoms with Gasteiger partial charge in [0.15, 0.2) is 0 Å². The van der Waals surface area contributed by atoms with Gasteiger partial charge in [0.05, 0.1) is 6.10 Å². The van der Waals surface area contributed by atoms with E-state index in [1.807, 2.05) is 32.0 Å². The molecular weight excluding hydrogens is 226 g/mol. The standard InChI is InChI=1S/C15H25NO2/c1-11(2)14(18)15(3,4)10-16-9-12-7-5-6-8-13(12)17/h5-8,11,14,16-18H,9-10H2,1-4H3. The Morgan fingerprint density at radius 3 is 2.39 bits per heavy atom. The number of aromatic hydroxyl groups is 1. The number of para-hydroxylation sites is 1. The van der Waals surface area contributed by atoms with Crippen molar-refractivity contribution in [3.63, 3.8) is 0 Å². The first-order valence-electron chi connectivity index (χ1n) is 6.50. The molecule has 0 saturated carbocycles. The Hall–Kier alpha value is -1.06. The number of aliphatic hydroxyl groups is 1. The Morgan fingerprint density at radius 2 is 1.83 bits per heavy atom. The van der Waals surface area contributed by atoms with E-state index in [1.54, 1.807) is 6.07 Å². The average Bonchev–Trinajstić information content (AvgIpc) is 2.30. The third-order valence-corrected chi connectivity index (χ3v) is 3.32. The van der Waals surface area contributed by atoms with Gasteiger partial charge >= 0.3 is 0 Å². The third-order valence-electron chi connectivity index (χ3n) is 3.32. The third kappa shape index (κ3) is 4.00. The van der Waals surface area contributed by atoms with Crippen LogP contribution >= 0.6 is 0 Å². The highest BCUT2D eigenvalue weighted by atomic mass is 16.3. The fourth-order valence-electron chi connectivity index (χ4n) is 2.19. The summed E-state index contributed by atoms with van der Waals surface area (Å²) < 4.78 is 0. The number of rotatable bonds is 6. The number of phenols is 1. The largest absolute Gasteiger partial charge is 0.508 e. The van der Waals surface area contributed by atoms with Crippen molar-refractivity contribution in [1.29, 1.82) is 0 Å². The molecule has 0 amide bonds. The second-order valence-corrected chi connectivity index (χ2v) is 5.91. The van der Waals surface area contributed by atoms with E-state index in [0.29, 0.717) is 18.8 Å². The smallest absolute Gasteiger partial charge is 0.120 e. The Balaban J connectivity index is 2.49. The van der Waals surface area contributed by atoms with Crippen LogP contribution in [0.2, 0.25) is 0 Å². The quantitative estimate of drug-likeness (QED) is 0.728. The second-order valence-electron chi connectivity index (χ2n) is 5.91. The number of nitrogens with one attached hydrogen (secondary N) is 1. The van der Waals surface area contributed by atoms with Gasteiger partial charge in [-0.15, -0.1) is 0 Å². The maximum Gasteiger partial charge on any atom is 0.120 e.